The van der Waals surface area contributed by atoms with Crippen LogP contribution in [0.1, 0.15) is 19.3 Å². The first kappa shape index (κ1) is 17.0. The number of nitrogens with one attached hydrogen (secondary N) is 1. The fourth-order valence-electron chi connectivity index (χ4n) is 3.15. The summed E-state index contributed by atoms with van der Waals surface area (Å²) in [5.74, 6) is -1.59. The SMILES string of the molecule is O=C1CC(Nc2cnn(-c3ccc(F)cc3F)c(=O)c2Cl)CN1C1CC1. The predicted octanol–water partition coefficient (Wildman–Crippen LogP) is 2.34. The molecule has 1 aliphatic carbocycles. The maximum Gasteiger partial charge on any atom is 0.292 e. The Morgan fingerprint density at radius 3 is 2.69 bits per heavy atom. The zero-order valence-corrected chi connectivity index (χ0v) is 14.3. The quantitative estimate of drug-likeness (QED) is 0.884. The maximum atomic E-state index is 13.9. The van der Waals surface area contributed by atoms with Crippen LogP contribution >= 0.6 is 11.6 Å². The number of amides is 1. The number of benzene rings is 1. The van der Waals surface area contributed by atoms with Gasteiger partial charge in [-0.1, -0.05) is 11.6 Å². The molecule has 1 unspecified atom stereocenters. The lowest BCUT2D eigenvalue weighted by molar-refractivity contribution is -0.128. The number of nitrogens with zero attached hydrogens (tertiary/aromatic N) is 3. The van der Waals surface area contributed by atoms with Gasteiger partial charge in [0.25, 0.3) is 5.56 Å². The van der Waals surface area contributed by atoms with Gasteiger partial charge in [-0.05, 0) is 25.0 Å². The lowest BCUT2D eigenvalue weighted by atomic mass is 10.2. The van der Waals surface area contributed by atoms with Gasteiger partial charge in [-0.15, -0.1) is 0 Å². The summed E-state index contributed by atoms with van der Waals surface area (Å²) in [6.45, 7) is 0.551. The number of aromatic nitrogens is 2. The van der Waals surface area contributed by atoms with Crippen molar-refractivity contribution >= 4 is 23.2 Å². The molecule has 2 heterocycles. The number of likely N-dealkylation sites (tertiary alicyclic amines) is 1. The van der Waals surface area contributed by atoms with Crippen molar-refractivity contribution in [3.63, 3.8) is 0 Å². The molecule has 1 saturated heterocycles. The molecule has 1 amide bonds. The van der Waals surface area contributed by atoms with E-state index in [1.54, 1.807) is 0 Å². The van der Waals surface area contributed by atoms with Gasteiger partial charge in [0.15, 0.2) is 5.82 Å². The molecule has 1 atom stereocenters. The van der Waals surface area contributed by atoms with E-state index in [1.807, 2.05) is 4.90 Å². The van der Waals surface area contributed by atoms with Gasteiger partial charge in [0.2, 0.25) is 5.91 Å². The number of anilines is 1. The number of hydrogen-bond acceptors (Lipinski definition) is 4. The summed E-state index contributed by atoms with van der Waals surface area (Å²) < 4.78 is 27.7. The van der Waals surface area contributed by atoms with E-state index in [0.717, 1.165) is 29.7 Å². The third kappa shape index (κ3) is 3.05. The molecule has 1 aromatic heterocycles. The molecule has 136 valence electrons. The molecule has 4 rings (SSSR count). The summed E-state index contributed by atoms with van der Waals surface area (Å²) >= 11 is 6.13. The largest absolute Gasteiger partial charge is 0.377 e. The summed E-state index contributed by atoms with van der Waals surface area (Å²) in [6, 6.07) is 2.98. The number of carbonyl (C=O) groups excluding carboxylic acids is 1. The van der Waals surface area contributed by atoms with Crippen LogP contribution in [0.15, 0.2) is 29.2 Å². The van der Waals surface area contributed by atoms with E-state index in [-0.39, 0.29) is 28.3 Å². The van der Waals surface area contributed by atoms with Gasteiger partial charge in [-0.25, -0.2) is 8.78 Å². The van der Waals surface area contributed by atoms with Gasteiger partial charge < -0.3 is 10.2 Å². The Bertz CT molecular complexity index is 945. The zero-order chi connectivity index (χ0) is 18.4. The van der Waals surface area contributed by atoms with E-state index >= 15 is 0 Å². The van der Waals surface area contributed by atoms with Gasteiger partial charge in [-0.3, -0.25) is 9.59 Å². The minimum Gasteiger partial charge on any atom is -0.377 e. The van der Waals surface area contributed by atoms with Crippen LogP contribution in [0.25, 0.3) is 5.69 Å². The van der Waals surface area contributed by atoms with Crippen molar-refractivity contribution in [3.8, 4) is 5.69 Å². The first-order chi connectivity index (χ1) is 12.4. The standard InChI is InChI=1S/C17H15ClF2N4O2/c18-16-13(22-10-6-15(25)23(8-10)11-2-3-11)7-21-24(17(16)26)14-4-1-9(19)5-12(14)20/h1,4-5,7,10-11,22H,2-3,6,8H2. The first-order valence-corrected chi connectivity index (χ1v) is 8.61. The zero-order valence-electron chi connectivity index (χ0n) is 13.6. The Morgan fingerprint density at radius 1 is 1.23 bits per heavy atom. The first-order valence-electron chi connectivity index (χ1n) is 8.23. The third-order valence-corrected chi connectivity index (χ3v) is 4.93. The Balaban J connectivity index is 1.58. The van der Waals surface area contributed by atoms with Crippen molar-refractivity contribution in [1.29, 1.82) is 0 Å². The second-order valence-corrected chi connectivity index (χ2v) is 6.89. The highest BCUT2D eigenvalue weighted by molar-refractivity contribution is 6.33. The lowest BCUT2D eigenvalue weighted by Gasteiger charge is -2.17. The van der Waals surface area contributed by atoms with E-state index in [9.17, 15) is 18.4 Å². The molecule has 2 aliphatic rings. The molecular weight excluding hydrogens is 366 g/mol. The molecule has 26 heavy (non-hydrogen) atoms. The number of halogens is 3. The number of carbonyl (C=O) groups is 1. The van der Waals surface area contributed by atoms with Crippen molar-refractivity contribution in [2.24, 2.45) is 0 Å². The number of rotatable bonds is 4. The maximum absolute atomic E-state index is 13.9. The molecule has 1 aliphatic heterocycles. The Morgan fingerprint density at radius 2 is 2.00 bits per heavy atom. The van der Waals surface area contributed by atoms with Gasteiger partial charge in [0.1, 0.15) is 16.5 Å². The predicted molar refractivity (Wildman–Crippen MR) is 91.5 cm³/mol. The minimum absolute atomic E-state index is 0.0795. The molecule has 0 bridgehead atoms. The van der Waals surface area contributed by atoms with Crippen molar-refractivity contribution < 1.29 is 13.6 Å². The van der Waals surface area contributed by atoms with Crippen molar-refractivity contribution in [2.45, 2.75) is 31.3 Å². The van der Waals surface area contributed by atoms with E-state index in [4.69, 9.17) is 11.6 Å². The van der Waals surface area contributed by atoms with E-state index in [2.05, 4.69) is 10.4 Å². The highest BCUT2D eigenvalue weighted by Gasteiger charge is 2.39. The second-order valence-electron chi connectivity index (χ2n) is 6.51. The smallest absolute Gasteiger partial charge is 0.292 e. The van der Waals surface area contributed by atoms with Gasteiger partial charge in [-0.2, -0.15) is 9.78 Å². The molecule has 2 fully saturated rings. The minimum atomic E-state index is -0.919. The monoisotopic (exact) mass is 380 g/mol. The summed E-state index contributed by atoms with van der Waals surface area (Å²) in [6.07, 6.45) is 3.68. The summed E-state index contributed by atoms with van der Waals surface area (Å²) in [5, 5.41) is 6.83. The average molecular weight is 381 g/mol. The fraction of sp³-hybridized carbons (Fsp3) is 0.353. The van der Waals surface area contributed by atoms with Crippen LogP contribution in [0.5, 0.6) is 0 Å². The molecule has 0 radical (unpaired) electrons. The summed E-state index contributed by atoms with van der Waals surface area (Å²) in [4.78, 5) is 26.3. The highest BCUT2D eigenvalue weighted by Crippen LogP contribution is 2.31. The van der Waals surface area contributed by atoms with E-state index in [0.29, 0.717) is 25.1 Å². The molecular formula is C17H15ClF2N4O2. The highest BCUT2D eigenvalue weighted by atomic mass is 35.5. The van der Waals surface area contributed by atoms with Crippen LogP contribution < -0.4 is 10.9 Å². The van der Waals surface area contributed by atoms with Gasteiger partial charge >= 0.3 is 0 Å². The lowest BCUT2D eigenvalue weighted by Crippen LogP contribution is -2.30. The van der Waals surface area contributed by atoms with Crippen molar-refractivity contribution in [2.75, 3.05) is 11.9 Å². The fourth-order valence-corrected chi connectivity index (χ4v) is 3.33. The third-order valence-electron chi connectivity index (χ3n) is 4.56. The summed E-state index contributed by atoms with van der Waals surface area (Å²) in [7, 11) is 0. The Hall–Kier alpha value is -2.48. The summed E-state index contributed by atoms with van der Waals surface area (Å²) in [5.41, 5.74) is -0.641. The topological polar surface area (TPSA) is 67.2 Å². The Labute approximate surface area is 152 Å². The van der Waals surface area contributed by atoms with Crippen LogP contribution in [0.3, 0.4) is 0 Å². The molecule has 1 aromatic carbocycles. The molecule has 0 spiro atoms. The Kier molecular flexibility index (Phi) is 4.14. The van der Waals surface area contributed by atoms with Crippen LogP contribution in [0.4, 0.5) is 14.5 Å². The number of hydrogen-bond donors (Lipinski definition) is 1. The van der Waals surface area contributed by atoms with Crippen LogP contribution in [0.2, 0.25) is 5.02 Å². The molecule has 2 aromatic rings. The normalized spacial score (nSPS) is 19.9. The van der Waals surface area contributed by atoms with Gasteiger partial charge in [0, 0.05) is 25.1 Å². The average Bonchev–Trinajstić information content (AvgIpc) is 3.37. The van der Waals surface area contributed by atoms with Gasteiger partial charge in [0.05, 0.1) is 17.9 Å². The molecule has 6 nitrogen and oxygen atoms in total. The van der Waals surface area contributed by atoms with Crippen LogP contribution in [-0.4, -0.2) is 39.2 Å². The van der Waals surface area contributed by atoms with Crippen LogP contribution in [-0.2, 0) is 4.79 Å². The van der Waals surface area contributed by atoms with Crippen LogP contribution in [0, 0.1) is 11.6 Å². The molecule has 9 heteroatoms. The second kappa shape index (κ2) is 6.35. The van der Waals surface area contributed by atoms with Crippen molar-refractivity contribution in [3.05, 3.63) is 51.4 Å². The van der Waals surface area contributed by atoms with E-state index < -0.39 is 17.2 Å². The molecule has 1 saturated carbocycles. The van der Waals surface area contributed by atoms with E-state index in [1.165, 1.54) is 6.20 Å². The molecule has 1 N–H and O–H groups in total. The van der Waals surface area contributed by atoms with Crippen molar-refractivity contribution in [1.82, 2.24) is 14.7 Å².